The summed E-state index contributed by atoms with van der Waals surface area (Å²) in [6, 6.07) is 10.8. The Morgan fingerprint density at radius 2 is 1.85 bits per heavy atom. The number of thioether (sulfide) groups is 1. The molecule has 0 saturated carbocycles. The second kappa shape index (κ2) is 11.7. The van der Waals surface area contributed by atoms with Crippen molar-refractivity contribution < 1.29 is 25.0 Å². The van der Waals surface area contributed by atoms with E-state index in [0.29, 0.717) is 36.5 Å². The molecule has 1 heterocycles. The lowest BCUT2D eigenvalue weighted by Crippen LogP contribution is -2.41. The molecule has 2 atom stereocenters. The third kappa shape index (κ3) is 6.48. The SMILES string of the molecule is O=C(O)[C@@H]1CCSC(c2ccc(N=Nc3ccc(N(CCO)CCO)cc3)c([N+](=O)[O-])c2)N1. The average molecular weight is 476 g/mol. The topological polar surface area (TPSA) is 161 Å². The quantitative estimate of drug-likeness (QED) is 0.230. The van der Waals surface area contributed by atoms with Crippen LogP contribution in [0.25, 0.3) is 0 Å². The van der Waals surface area contributed by atoms with Gasteiger partial charge >= 0.3 is 5.97 Å². The fraction of sp³-hybridized carbons (Fsp3) is 0.381. The van der Waals surface area contributed by atoms with E-state index in [2.05, 4.69) is 15.5 Å². The molecule has 0 aliphatic carbocycles. The van der Waals surface area contributed by atoms with Crippen LogP contribution in [0.2, 0.25) is 0 Å². The van der Waals surface area contributed by atoms with E-state index in [9.17, 15) is 20.0 Å². The van der Waals surface area contributed by atoms with Crippen molar-refractivity contribution in [2.24, 2.45) is 10.2 Å². The van der Waals surface area contributed by atoms with E-state index in [1.807, 2.05) is 4.90 Å². The number of anilines is 1. The fourth-order valence-corrected chi connectivity index (χ4v) is 4.60. The number of carboxylic acids is 1. The minimum absolute atomic E-state index is 0.0486. The Hall–Kier alpha value is -3.06. The molecule has 0 amide bonds. The summed E-state index contributed by atoms with van der Waals surface area (Å²) in [5, 5.41) is 49.9. The molecule has 1 unspecified atom stereocenters. The number of carbonyl (C=O) groups is 1. The third-order valence-electron chi connectivity index (χ3n) is 5.07. The van der Waals surface area contributed by atoms with E-state index in [4.69, 9.17) is 10.2 Å². The number of nitro benzene ring substituents is 1. The first-order chi connectivity index (χ1) is 15.9. The number of nitro groups is 1. The van der Waals surface area contributed by atoms with Crippen LogP contribution < -0.4 is 10.2 Å². The van der Waals surface area contributed by atoms with Gasteiger partial charge in [-0.15, -0.1) is 16.9 Å². The van der Waals surface area contributed by atoms with Crippen molar-refractivity contribution in [2.45, 2.75) is 17.8 Å². The maximum Gasteiger partial charge on any atom is 0.320 e. The predicted molar refractivity (Wildman–Crippen MR) is 124 cm³/mol. The van der Waals surface area contributed by atoms with Crippen molar-refractivity contribution in [3.8, 4) is 0 Å². The first kappa shape index (κ1) is 24.6. The van der Waals surface area contributed by atoms with Crippen LogP contribution in [-0.2, 0) is 4.79 Å². The molecule has 1 aliphatic rings. The Morgan fingerprint density at radius 3 is 2.45 bits per heavy atom. The van der Waals surface area contributed by atoms with Gasteiger partial charge in [0.2, 0.25) is 0 Å². The van der Waals surface area contributed by atoms with Gasteiger partial charge in [0, 0.05) is 24.8 Å². The molecule has 0 radical (unpaired) electrons. The van der Waals surface area contributed by atoms with Crippen LogP contribution in [-0.4, -0.2) is 64.3 Å². The van der Waals surface area contributed by atoms with Crippen LogP contribution >= 0.6 is 11.8 Å². The molecule has 0 spiro atoms. The molecule has 1 aliphatic heterocycles. The van der Waals surface area contributed by atoms with Crippen molar-refractivity contribution in [1.29, 1.82) is 0 Å². The number of carboxylic acid groups (broad SMARTS) is 1. The van der Waals surface area contributed by atoms with Gasteiger partial charge in [-0.25, -0.2) is 0 Å². The normalized spacial score (nSPS) is 18.4. The van der Waals surface area contributed by atoms with Crippen molar-refractivity contribution in [3.05, 3.63) is 58.1 Å². The van der Waals surface area contributed by atoms with E-state index < -0.39 is 16.9 Å². The Bertz CT molecular complexity index is 997. The summed E-state index contributed by atoms with van der Waals surface area (Å²) < 4.78 is 0. The number of rotatable bonds is 10. The standard InChI is InChI=1S/C21H25N5O6S/c27-10-8-25(9-11-28)16-4-2-15(3-5-16)23-24-17-6-1-14(13-19(17)26(31)32)20-22-18(21(29)30)7-12-33-20/h1-6,13,18,20,22,27-28H,7-12H2,(H,29,30)/t18-,20?/m0/s1. The highest BCUT2D eigenvalue weighted by atomic mass is 32.2. The second-order valence-electron chi connectivity index (χ2n) is 7.25. The van der Waals surface area contributed by atoms with Crippen LogP contribution in [0.1, 0.15) is 17.4 Å². The zero-order valence-electron chi connectivity index (χ0n) is 17.7. The van der Waals surface area contributed by atoms with Crippen molar-refractivity contribution >= 4 is 40.5 Å². The van der Waals surface area contributed by atoms with Crippen LogP contribution in [0.4, 0.5) is 22.7 Å². The highest BCUT2D eigenvalue weighted by Gasteiger charge is 2.28. The molecule has 3 rings (SSSR count). The number of aliphatic carboxylic acids is 1. The smallest absolute Gasteiger partial charge is 0.320 e. The van der Waals surface area contributed by atoms with Crippen LogP contribution in [0.15, 0.2) is 52.7 Å². The van der Waals surface area contributed by atoms with Crippen LogP contribution in [0.5, 0.6) is 0 Å². The molecule has 1 fully saturated rings. The van der Waals surface area contributed by atoms with E-state index in [1.165, 1.54) is 23.9 Å². The van der Waals surface area contributed by atoms with Gasteiger partial charge in [0.1, 0.15) is 6.04 Å². The lowest BCUT2D eigenvalue weighted by atomic mass is 10.1. The molecule has 1 saturated heterocycles. The molecular weight excluding hydrogens is 450 g/mol. The summed E-state index contributed by atoms with van der Waals surface area (Å²) in [5.74, 6) is -0.310. The van der Waals surface area contributed by atoms with Crippen LogP contribution in [0.3, 0.4) is 0 Å². The van der Waals surface area contributed by atoms with Gasteiger partial charge in [-0.05, 0) is 48.1 Å². The number of nitrogens with one attached hydrogen (secondary N) is 1. The lowest BCUT2D eigenvalue weighted by Gasteiger charge is -2.28. The molecule has 0 aromatic heterocycles. The van der Waals surface area contributed by atoms with Gasteiger partial charge in [-0.1, -0.05) is 6.07 Å². The Morgan fingerprint density at radius 1 is 1.15 bits per heavy atom. The van der Waals surface area contributed by atoms with E-state index in [-0.39, 0.29) is 30.0 Å². The summed E-state index contributed by atoms with van der Waals surface area (Å²) in [4.78, 5) is 24.2. The average Bonchev–Trinajstić information content (AvgIpc) is 2.83. The van der Waals surface area contributed by atoms with E-state index in [1.54, 1.807) is 30.3 Å². The van der Waals surface area contributed by atoms with Gasteiger partial charge in [0.25, 0.3) is 5.69 Å². The summed E-state index contributed by atoms with van der Waals surface area (Å²) in [7, 11) is 0. The fourth-order valence-electron chi connectivity index (χ4n) is 3.39. The molecule has 176 valence electrons. The molecule has 33 heavy (non-hydrogen) atoms. The van der Waals surface area contributed by atoms with Crippen molar-refractivity contribution in [2.75, 3.05) is 37.0 Å². The van der Waals surface area contributed by atoms with E-state index in [0.717, 1.165) is 5.69 Å². The zero-order chi connectivity index (χ0) is 23.8. The Labute approximate surface area is 194 Å². The van der Waals surface area contributed by atoms with Gasteiger partial charge in [0.05, 0.1) is 29.2 Å². The molecule has 11 nitrogen and oxygen atoms in total. The summed E-state index contributed by atoms with van der Waals surface area (Å²) in [6.07, 6.45) is 0.488. The minimum Gasteiger partial charge on any atom is -0.480 e. The van der Waals surface area contributed by atoms with Crippen molar-refractivity contribution in [1.82, 2.24) is 5.32 Å². The number of hydrogen-bond donors (Lipinski definition) is 4. The third-order valence-corrected chi connectivity index (χ3v) is 6.28. The Kier molecular flexibility index (Phi) is 8.72. The maximum atomic E-state index is 11.6. The summed E-state index contributed by atoms with van der Waals surface area (Å²) in [5.41, 5.74) is 1.76. The number of azo groups is 1. The molecule has 12 heteroatoms. The molecule has 0 bridgehead atoms. The van der Waals surface area contributed by atoms with E-state index >= 15 is 0 Å². The number of aliphatic hydroxyl groups excluding tert-OH is 2. The Balaban J connectivity index is 1.77. The van der Waals surface area contributed by atoms with Crippen LogP contribution in [0, 0.1) is 10.1 Å². The number of aliphatic hydroxyl groups is 2. The number of hydrogen-bond acceptors (Lipinski definition) is 10. The minimum atomic E-state index is -0.943. The lowest BCUT2D eigenvalue weighted by molar-refractivity contribution is -0.384. The number of benzene rings is 2. The summed E-state index contributed by atoms with van der Waals surface area (Å²) >= 11 is 1.50. The van der Waals surface area contributed by atoms with Gasteiger partial charge in [-0.2, -0.15) is 5.11 Å². The molecule has 4 N–H and O–H groups in total. The zero-order valence-corrected chi connectivity index (χ0v) is 18.5. The predicted octanol–water partition coefficient (Wildman–Crippen LogP) is 2.98. The van der Waals surface area contributed by atoms with Crippen molar-refractivity contribution in [3.63, 3.8) is 0 Å². The molecule has 2 aromatic carbocycles. The molecular formula is C21H25N5O6S. The highest BCUT2D eigenvalue weighted by Crippen LogP contribution is 2.37. The monoisotopic (exact) mass is 475 g/mol. The first-order valence-corrected chi connectivity index (χ1v) is 11.3. The largest absolute Gasteiger partial charge is 0.480 e. The van der Waals surface area contributed by atoms with Gasteiger partial charge < -0.3 is 20.2 Å². The maximum absolute atomic E-state index is 11.6. The second-order valence-corrected chi connectivity index (χ2v) is 8.47. The molecule has 2 aromatic rings. The highest BCUT2D eigenvalue weighted by molar-refractivity contribution is 7.99. The number of nitrogens with zero attached hydrogens (tertiary/aromatic N) is 4. The van der Waals surface area contributed by atoms with Gasteiger partial charge in [-0.3, -0.25) is 20.2 Å². The summed E-state index contributed by atoms with van der Waals surface area (Å²) in [6.45, 7) is 0.655. The first-order valence-electron chi connectivity index (χ1n) is 10.3. The van der Waals surface area contributed by atoms with Gasteiger partial charge in [0.15, 0.2) is 5.69 Å².